The quantitative estimate of drug-likeness (QED) is 0.291. The number of aromatic nitrogens is 2. The summed E-state index contributed by atoms with van der Waals surface area (Å²) in [6.45, 7) is 3.20. The fraction of sp³-hybridized carbons (Fsp3) is 0.333. The molecule has 1 heterocycles. The van der Waals surface area contributed by atoms with E-state index in [1.54, 1.807) is 14.2 Å². The number of methoxy groups -OCH3 is 1. The van der Waals surface area contributed by atoms with Gasteiger partial charge in [-0.25, -0.2) is 4.98 Å². The molecule has 0 aliphatic carbocycles. The number of fused-ring (bicyclic) bond motifs is 1. The Labute approximate surface area is 188 Å². The van der Waals surface area contributed by atoms with Crippen molar-refractivity contribution in [3.05, 3.63) is 54.4 Å². The van der Waals surface area contributed by atoms with Gasteiger partial charge >= 0.3 is 0 Å². The largest absolute Gasteiger partial charge is 0.497 e. The first-order valence-electron chi connectivity index (χ1n) is 9.26. The van der Waals surface area contributed by atoms with Crippen molar-refractivity contribution in [1.29, 1.82) is 0 Å². The molecule has 0 amide bonds. The van der Waals surface area contributed by atoms with Crippen LogP contribution < -0.4 is 20.1 Å². The van der Waals surface area contributed by atoms with Crippen molar-refractivity contribution in [2.24, 2.45) is 12.0 Å². The lowest BCUT2D eigenvalue weighted by Crippen LogP contribution is -2.41. The fourth-order valence-electron chi connectivity index (χ4n) is 2.93. The standard InChI is InChI=1S/C21H27N5O2.HI/c1-15(28-17-9-7-8-16(12-17)27-4)13-23-21(22-2)24-14-20-25-18-10-5-6-11-19(18)26(20)3;/h5-12,15H,13-14H2,1-4H3,(H2,22,23,24);1H. The van der Waals surface area contributed by atoms with Crippen molar-refractivity contribution in [1.82, 2.24) is 20.2 Å². The number of halogens is 1. The van der Waals surface area contributed by atoms with Crippen LogP contribution in [0.1, 0.15) is 12.7 Å². The normalized spacial score (nSPS) is 12.2. The fourth-order valence-corrected chi connectivity index (χ4v) is 2.93. The number of ether oxygens (including phenoxy) is 2. The smallest absolute Gasteiger partial charge is 0.191 e. The van der Waals surface area contributed by atoms with E-state index in [0.29, 0.717) is 19.0 Å². The molecule has 1 atom stereocenters. The molecule has 2 aromatic carbocycles. The highest BCUT2D eigenvalue weighted by Crippen LogP contribution is 2.19. The van der Waals surface area contributed by atoms with Crippen molar-refractivity contribution >= 4 is 41.0 Å². The second-order valence-corrected chi connectivity index (χ2v) is 6.49. The van der Waals surface area contributed by atoms with Crippen LogP contribution in [0.25, 0.3) is 11.0 Å². The Morgan fingerprint density at radius 3 is 2.62 bits per heavy atom. The minimum atomic E-state index is -0.0404. The van der Waals surface area contributed by atoms with Crippen LogP contribution in [0.3, 0.4) is 0 Å². The summed E-state index contributed by atoms with van der Waals surface area (Å²) in [5.41, 5.74) is 2.10. The van der Waals surface area contributed by atoms with Crippen LogP contribution in [-0.4, -0.2) is 42.3 Å². The molecule has 0 saturated carbocycles. The monoisotopic (exact) mass is 509 g/mol. The van der Waals surface area contributed by atoms with E-state index in [1.165, 1.54) is 0 Å². The predicted molar refractivity (Wildman–Crippen MR) is 127 cm³/mol. The first-order valence-corrected chi connectivity index (χ1v) is 9.26. The lowest BCUT2D eigenvalue weighted by Gasteiger charge is -2.18. The summed E-state index contributed by atoms with van der Waals surface area (Å²) in [6.07, 6.45) is -0.0404. The van der Waals surface area contributed by atoms with Gasteiger partial charge in [0.25, 0.3) is 0 Å². The van der Waals surface area contributed by atoms with Crippen LogP contribution in [-0.2, 0) is 13.6 Å². The molecule has 29 heavy (non-hydrogen) atoms. The van der Waals surface area contributed by atoms with Crippen LogP contribution in [0.4, 0.5) is 0 Å². The van der Waals surface area contributed by atoms with Crippen LogP contribution in [0.5, 0.6) is 11.5 Å². The number of imidazole rings is 1. The molecule has 0 radical (unpaired) electrons. The van der Waals surface area contributed by atoms with Crippen molar-refractivity contribution in [3.8, 4) is 11.5 Å². The topological polar surface area (TPSA) is 72.7 Å². The maximum atomic E-state index is 5.93. The van der Waals surface area contributed by atoms with Gasteiger partial charge < -0.3 is 24.7 Å². The average molecular weight is 509 g/mol. The van der Waals surface area contributed by atoms with Gasteiger partial charge in [0.15, 0.2) is 5.96 Å². The third-order valence-electron chi connectivity index (χ3n) is 4.45. The molecule has 3 rings (SSSR count). The van der Waals surface area contributed by atoms with E-state index in [9.17, 15) is 0 Å². The number of hydrogen-bond acceptors (Lipinski definition) is 4. The predicted octanol–water partition coefficient (Wildman–Crippen LogP) is 3.33. The Balaban J connectivity index is 0.00000300. The van der Waals surface area contributed by atoms with Crippen molar-refractivity contribution in [2.45, 2.75) is 19.6 Å². The van der Waals surface area contributed by atoms with Gasteiger partial charge in [-0.2, -0.15) is 0 Å². The minimum absolute atomic E-state index is 0. The molecule has 0 aliphatic heterocycles. The van der Waals surface area contributed by atoms with E-state index in [2.05, 4.69) is 31.2 Å². The third kappa shape index (κ3) is 5.99. The second-order valence-electron chi connectivity index (χ2n) is 6.49. The van der Waals surface area contributed by atoms with Gasteiger partial charge in [0.2, 0.25) is 0 Å². The van der Waals surface area contributed by atoms with E-state index < -0.39 is 0 Å². The molecule has 0 bridgehead atoms. The van der Waals surface area contributed by atoms with E-state index in [4.69, 9.17) is 9.47 Å². The molecule has 0 spiro atoms. The van der Waals surface area contributed by atoms with E-state index in [1.807, 2.05) is 56.4 Å². The maximum Gasteiger partial charge on any atom is 0.191 e. The Morgan fingerprint density at radius 1 is 1.14 bits per heavy atom. The summed E-state index contributed by atoms with van der Waals surface area (Å²) < 4.78 is 13.2. The number of hydrogen-bond donors (Lipinski definition) is 2. The Hall–Kier alpha value is -2.49. The van der Waals surface area contributed by atoms with Gasteiger partial charge in [0.05, 0.1) is 31.2 Å². The summed E-state index contributed by atoms with van der Waals surface area (Å²) in [5, 5.41) is 6.59. The van der Waals surface area contributed by atoms with Crippen molar-refractivity contribution < 1.29 is 9.47 Å². The van der Waals surface area contributed by atoms with Crippen LogP contribution in [0.2, 0.25) is 0 Å². The maximum absolute atomic E-state index is 5.93. The molecule has 1 unspecified atom stereocenters. The zero-order chi connectivity index (χ0) is 19.9. The van der Waals surface area contributed by atoms with E-state index in [-0.39, 0.29) is 30.1 Å². The molecule has 0 saturated heterocycles. The highest BCUT2D eigenvalue weighted by atomic mass is 127. The molecular weight excluding hydrogens is 481 g/mol. The number of aryl methyl sites for hydroxylation is 1. The Morgan fingerprint density at radius 2 is 1.90 bits per heavy atom. The number of aliphatic imine (C=N–C) groups is 1. The van der Waals surface area contributed by atoms with Gasteiger partial charge in [0, 0.05) is 20.2 Å². The molecule has 2 N–H and O–H groups in total. The average Bonchev–Trinajstić information content (AvgIpc) is 3.04. The Kier molecular flexibility index (Phi) is 8.56. The number of rotatable bonds is 7. The van der Waals surface area contributed by atoms with Gasteiger partial charge in [0.1, 0.15) is 23.4 Å². The SMILES string of the molecule is CN=C(NCc1nc2ccccc2n1C)NCC(C)Oc1cccc(OC)c1.I. The summed E-state index contributed by atoms with van der Waals surface area (Å²) >= 11 is 0. The Bertz CT molecular complexity index is 957. The summed E-state index contributed by atoms with van der Waals surface area (Å²) in [6, 6.07) is 15.7. The number of para-hydroxylation sites is 2. The highest BCUT2D eigenvalue weighted by Gasteiger charge is 2.09. The zero-order valence-electron chi connectivity index (χ0n) is 17.2. The van der Waals surface area contributed by atoms with Gasteiger partial charge in [-0.1, -0.05) is 18.2 Å². The lowest BCUT2D eigenvalue weighted by atomic mass is 10.3. The number of nitrogens with one attached hydrogen (secondary N) is 2. The summed E-state index contributed by atoms with van der Waals surface area (Å²) in [7, 11) is 5.41. The molecule has 7 nitrogen and oxygen atoms in total. The van der Waals surface area contributed by atoms with Crippen LogP contribution >= 0.6 is 24.0 Å². The number of nitrogens with zero attached hydrogens (tertiary/aromatic N) is 3. The van der Waals surface area contributed by atoms with E-state index >= 15 is 0 Å². The first-order chi connectivity index (χ1) is 13.6. The van der Waals surface area contributed by atoms with Crippen LogP contribution in [0.15, 0.2) is 53.5 Å². The third-order valence-corrected chi connectivity index (χ3v) is 4.45. The summed E-state index contributed by atoms with van der Waals surface area (Å²) in [4.78, 5) is 8.94. The molecule has 156 valence electrons. The second kappa shape index (κ2) is 10.9. The molecule has 8 heteroatoms. The highest BCUT2D eigenvalue weighted by molar-refractivity contribution is 14.0. The van der Waals surface area contributed by atoms with E-state index in [0.717, 1.165) is 28.4 Å². The molecule has 0 fully saturated rings. The number of guanidine groups is 1. The summed E-state index contributed by atoms with van der Waals surface area (Å²) in [5.74, 6) is 3.20. The lowest BCUT2D eigenvalue weighted by molar-refractivity contribution is 0.223. The number of benzene rings is 2. The first kappa shape index (κ1) is 22.8. The minimum Gasteiger partial charge on any atom is -0.497 e. The van der Waals surface area contributed by atoms with Crippen molar-refractivity contribution in [3.63, 3.8) is 0 Å². The van der Waals surface area contributed by atoms with Crippen molar-refractivity contribution in [2.75, 3.05) is 20.7 Å². The molecule has 3 aromatic rings. The van der Waals surface area contributed by atoms with Gasteiger partial charge in [-0.05, 0) is 31.2 Å². The molecule has 0 aliphatic rings. The zero-order valence-corrected chi connectivity index (χ0v) is 19.5. The van der Waals surface area contributed by atoms with Gasteiger partial charge in [-0.15, -0.1) is 24.0 Å². The molecular formula is C21H28IN5O2. The molecule has 1 aromatic heterocycles. The van der Waals surface area contributed by atoms with Gasteiger partial charge in [-0.3, -0.25) is 4.99 Å². The van der Waals surface area contributed by atoms with Crippen LogP contribution in [0, 0.1) is 0 Å².